The molecule has 5 nitrogen and oxygen atoms in total. The Hall–Kier alpha value is -1.27. The van der Waals surface area contributed by atoms with E-state index in [0.717, 1.165) is 24.4 Å². The number of thiazole rings is 1. The number of nitrogens with zero attached hydrogens (tertiary/aromatic N) is 4. The molecule has 0 aromatic carbocycles. The topological polar surface area (TPSA) is 55.6 Å². The first-order chi connectivity index (χ1) is 7.79. The van der Waals surface area contributed by atoms with E-state index in [1.54, 1.807) is 16.0 Å². The molecule has 6 heteroatoms. The van der Waals surface area contributed by atoms with Crippen LogP contribution < -0.4 is 5.32 Å². The highest BCUT2D eigenvalue weighted by molar-refractivity contribution is 7.07. The molecule has 0 radical (unpaired) electrons. The molecule has 1 atom stereocenters. The van der Waals surface area contributed by atoms with Crippen molar-refractivity contribution in [3.63, 3.8) is 0 Å². The van der Waals surface area contributed by atoms with Crippen molar-refractivity contribution < 1.29 is 0 Å². The van der Waals surface area contributed by atoms with Crippen LogP contribution in [0.2, 0.25) is 0 Å². The van der Waals surface area contributed by atoms with E-state index in [1.165, 1.54) is 0 Å². The van der Waals surface area contributed by atoms with Gasteiger partial charge < -0.3 is 5.32 Å². The zero-order valence-corrected chi connectivity index (χ0v) is 10.2. The number of rotatable bonds is 5. The average molecular weight is 237 g/mol. The molecular formula is C10H15N5S. The summed E-state index contributed by atoms with van der Waals surface area (Å²) in [6.45, 7) is 3.01. The van der Waals surface area contributed by atoms with Crippen LogP contribution in [0.4, 0.5) is 0 Å². The zero-order valence-electron chi connectivity index (χ0n) is 9.42. The van der Waals surface area contributed by atoms with Crippen molar-refractivity contribution in [1.82, 2.24) is 25.3 Å². The molecule has 0 aliphatic rings. The summed E-state index contributed by atoms with van der Waals surface area (Å²) in [5.41, 5.74) is 3.93. The summed E-state index contributed by atoms with van der Waals surface area (Å²) >= 11 is 1.62. The Balaban J connectivity index is 2.09. The monoisotopic (exact) mass is 237 g/mol. The second-order valence-corrected chi connectivity index (χ2v) is 4.33. The lowest BCUT2D eigenvalue weighted by Crippen LogP contribution is -2.23. The summed E-state index contributed by atoms with van der Waals surface area (Å²) in [7, 11) is 1.88. The normalized spacial score (nSPS) is 12.9. The minimum Gasteiger partial charge on any atom is -0.309 e. The maximum absolute atomic E-state index is 4.34. The smallest absolute Gasteiger partial charge is 0.0846 e. The van der Waals surface area contributed by atoms with Gasteiger partial charge in [0, 0.05) is 25.0 Å². The van der Waals surface area contributed by atoms with Crippen LogP contribution >= 0.6 is 11.3 Å². The van der Waals surface area contributed by atoms with Gasteiger partial charge in [-0.05, 0) is 6.54 Å². The summed E-state index contributed by atoms with van der Waals surface area (Å²) in [5, 5.41) is 13.5. The number of hydrogen-bond donors (Lipinski definition) is 1. The highest BCUT2D eigenvalue weighted by Crippen LogP contribution is 2.16. The quantitative estimate of drug-likeness (QED) is 0.848. The molecular weight excluding hydrogens is 222 g/mol. The maximum atomic E-state index is 4.34. The molecule has 2 rings (SSSR count). The largest absolute Gasteiger partial charge is 0.309 e. The van der Waals surface area contributed by atoms with E-state index < -0.39 is 0 Å². The summed E-state index contributed by atoms with van der Waals surface area (Å²) < 4.78 is 1.72. The molecule has 0 amide bonds. The Morgan fingerprint density at radius 2 is 2.44 bits per heavy atom. The molecule has 0 bridgehead atoms. The number of hydrogen-bond acceptors (Lipinski definition) is 5. The lowest BCUT2D eigenvalue weighted by molar-refractivity contribution is 0.533. The molecule has 0 aliphatic carbocycles. The van der Waals surface area contributed by atoms with E-state index in [9.17, 15) is 0 Å². The molecule has 16 heavy (non-hydrogen) atoms. The number of aryl methyl sites for hydroxylation is 1. The fourth-order valence-electron chi connectivity index (χ4n) is 1.62. The van der Waals surface area contributed by atoms with Gasteiger partial charge in [-0.15, -0.1) is 16.4 Å². The van der Waals surface area contributed by atoms with Gasteiger partial charge in [-0.3, -0.25) is 4.68 Å². The SMILES string of the molecule is CCNC(Cc1cn(C)nn1)c1cscn1. The third kappa shape index (κ3) is 2.65. The molecule has 1 N–H and O–H groups in total. The number of nitrogens with one attached hydrogen (secondary N) is 1. The van der Waals surface area contributed by atoms with Crippen molar-refractivity contribution in [2.75, 3.05) is 6.54 Å². The van der Waals surface area contributed by atoms with Crippen LogP contribution in [0.5, 0.6) is 0 Å². The van der Waals surface area contributed by atoms with Gasteiger partial charge in [0.25, 0.3) is 0 Å². The highest BCUT2D eigenvalue weighted by atomic mass is 32.1. The van der Waals surface area contributed by atoms with E-state index in [2.05, 4.69) is 32.9 Å². The Bertz CT molecular complexity index is 422. The minimum atomic E-state index is 0.230. The molecule has 2 aromatic heterocycles. The molecule has 1 unspecified atom stereocenters. The molecule has 0 saturated carbocycles. The molecule has 0 fully saturated rings. The van der Waals surface area contributed by atoms with Gasteiger partial charge in [-0.25, -0.2) is 4.98 Å². The minimum absolute atomic E-state index is 0.230. The van der Waals surface area contributed by atoms with Crippen LogP contribution in [-0.4, -0.2) is 26.5 Å². The van der Waals surface area contributed by atoms with Crippen LogP contribution in [-0.2, 0) is 13.5 Å². The molecule has 0 spiro atoms. The fourth-order valence-corrected chi connectivity index (χ4v) is 2.23. The van der Waals surface area contributed by atoms with Crippen LogP contribution in [0.1, 0.15) is 24.4 Å². The third-order valence-electron chi connectivity index (χ3n) is 2.32. The predicted octanol–water partition coefficient (Wildman–Crippen LogP) is 1.16. The Labute approximate surface area is 98.5 Å². The Morgan fingerprint density at radius 3 is 3.00 bits per heavy atom. The van der Waals surface area contributed by atoms with E-state index >= 15 is 0 Å². The molecule has 2 aromatic rings. The first kappa shape index (κ1) is 11.2. The van der Waals surface area contributed by atoms with E-state index in [-0.39, 0.29) is 6.04 Å². The zero-order chi connectivity index (χ0) is 11.4. The summed E-state index contributed by atoms with van der Waals surface area (Å²) in [4.78, 5) is 4.34. The van der Waals surface area contributed by atoms with Crippen LogP contribution in [0, 0.1) is 0 Å². The van der Waals surface area contributed by atoms with Gasteiger partial charge in [-0.1, -0.05) is 12.1 Å². The lowest BCUT2D eigenvalue weighted by atomic mass is 10.1. The molecule has 0 saturated heterocycles. The van der Waals surface area contributed by atoms with Gasteiger partial charge in [0.05, 0.1) is 22.9 Å². The predicted molar refractivity (Wildman–Crippen MR) is 63.2 cm³/mol. The van der Waals surface area contributed by atoms with Crippen LogP contribution in [0.15, 0.2) is 17.1 Å². The summed E-state index contributed by atoms with van der Waals surface area (Å²) in [5.74, 6) is 0. The molecule has 0 aliphatic heterocycles. The van der Waals surface area contributed by atoms with Crippen molar-refractivity contribution in [3.8, 4) is 0 Å². The highest BCUT2D eigenvalue weighted by Gasteiger charge is 2.14. The van der Waals surface area contributed by atoms with Crippen molar-refractivity contribution >= 4 is 11.3 Å². The Morgan fingerprint density at radius 1 is 1.56 bits per heavy atom. The van der Waals surface area contributed by atoms with Gasteiger partial charge in [0.2, 0.25) is 0 Å². The van der Waals surface area contributed by atoms with E-state index in [4.69, 9.17) is 0 Å². The molecule has 86 valence electrons. The van der Waals surface area contributed by atoms with Gasteiger partial charge in [-0.2, -0.15) is 0 Å². The lowest BCUT2D eigenvalue weighted by Gasteiger charge is -2.13. The first-order valence-corrected chi connectivity index (χ1v) is 6.20. The van der Waals surface area contributed by atoms with E-state index in [0.29, 0.717) is 0 Å². The number of aromatic nitrogens is 4. The fraction of sp³-hybridized carbons (Fsp3) is 0.500. The standard InChI is InChI=1S/C10H15N5S/c1-3-11-9(10-6-16-7-12-10)4-8-5-15(2)14-13-8/h5-7,9,11H,3-4H2,1-2H3. The van der Waals surface area contributed by atoms with Crippen LogP contribution in [0.3, 0.4) is 0 Å². The van der Waals surface area contributed by atoms with Gasteiger partial charge >= 0.3 is 0 Å². The van der Waals surface area contributed by atoms with Crippen molar-refractivity contribution in [3.05, 3.63) is 28.5 Å². The Kier molecular flexibility index (Phi) is 3.63. The second kappa shape index (κ2) is 5.18. The molecule has 2 heterocycles. The summed E-state index contributed by atoms with van der Waals surface area (Å²) in [6, 6.07) is 0.230. The third-order valence-corrected chi connectivity index (χ3v) is 2.93. The average Bonchev–Trinajstić information content (AvgIpc) is 2.88. The van der Waals surface area contributed by atoms with Gasteiger partial charge in [0.1, 0.15) is 0 Å². The van der Waals surface area contributed by atoms with Crippen molar-refractivity contribution in [2.45, 2.75) is 19.4 Å². The first-order valence-electron chi connectivity index (χ1n) is 5.26. The van der Waals surface area contributed by atoms with Crippen LogP contribution in [0.25, 0.3) is 0 Å². The van der Waals surface area contributed by atoms with Gasteiger partial charge in [0.15, 0.2) is 0 Å². The maximum Gasteiger partial charge on any atom is 0.0846 e. The van der Waals surface area contributed by atoms with E-state index in [1.807, 2.05) is 18.8 Å². The van der Waals surface area contributed by atoms with Crippen molar-refractivity contribution in [1.29, 1.82) is 0 Å². The number of likely N-dealkylation sites (N-methyl/N-ethyl adjacent to an activating group) is 1. The summed E-state index contributed by atoms with van der Waals surface area (Å²) in [6.07, 6.45) is 2.77. The van der Waals surface area contributed by atoms with Crippen molar-refractivity contribution in [2.24, 2.45) is 7.05 Å². The second-order valence-electron chi connectivity index (χ2n) is 3.61.